The average molecular weight is 606 g/mol. The second-order valence-corrected chi connectivity index (χ2v) is 9.29. The number of pyridine rings is 2. The molecule has 0 spiro atoms. The average Bonchev–Trinajstić information content (AvgIpc) is 2.96. The molecule has 0 amide bonds. The molecule has 6 nitrogen and oxygen atoms in total. The van der Waals surface area contributed by atoms with Gasteiger partial charge in [0.2, 0.25) is 28.2 Å². The molecular weight excluding hydrogens is 551 g/mol. The van der Waals surface area contributed by atoms with Crippen LogP contribution in [0.3, 0.4) is 0 Å². The van der Waals surface area contributed by atoms with Gasteiger partial charge in [0.15, 0.2) is 37.9 Å². The van der Waals surface area contributed by atoms with E-state index in [0.29, 0.717) is 0 Å². The molecule has 7 heteroatoms. The van der Waals surface area contributed by atoms with Crippen molar-refractivity contribution >= 4 is 0 Å². The molecular formula is C34H54N6Ni+2. The standard InChI is InChI=1S/C26H42N2.4C2H3N.Ni/c1-5-9-11-23(7-3)21-27-17-13-25(14-18-27)26-15-19-28(20-16-26)22-24(8-4)12-10-6-2;4*1-3-2;/h13-20,23-24H,5-12,21-22H2,1-4H3;4*1H3;/q+2;;;;;. The van der Waals surface area contributed by atoms with E-state index in [1.807, 2.05) is 0 Å². The van der Waals surface area contributed by atoms with E-state index in [-0.39, 0.29) is 16.5 Å². The summed E-state index contributed by atoms with van der Waals surface area (Å²) >= 11 is 0. The van der Waals surface area contributed by atoms with Crippen molar-refractivity contribution in [2.75, 3.05) is 28.2 Å². The van der Waals surface area contributed by atoms with Gasteiger partial charge in [-0.1, -0.05) is 53.4 Å². The smallest absolute Gasteiger partial charge is 0.205 e. The van der Waals surface area contributed by atoms with E-state index in [4.69, 9.17) is 26.3 Å². The molecule has 228 valence electrons. The van der Waals surface area contributed by atoms with Crippen LogP contribution in [-0.4, -0.2) is 28.2 Å². The van der Waals surface area contributed by atoms with Crippen LogP contribution >= 0.6 is 0 Å². The summed E-state index contributed by atoms with van der Waals surface area (Å²) in [7, 11) is 5.67. The predicted octanol–water partition coefficient (Wildman–Crippen LogP) is 8.50. The fourth-order valence-corrected chi connectivity index (χ4v) is 3.97. The van der Waals surface area contributed by atoms with Gasteiger partial charge in [0.25, 0.3) is 0 Å². The zero-order valence-electron chi connectivity index (χ0n) is 26.8. The molecule has 0 saturated heterocycles. The molecule has 2 aromatic rings. The molecule has 41 heavy (non-hydrogen) atoms. The maximum Gasteiger partial charge on any atom is 0.205 e. The van der Waals surface area contributed by atoms with Crippen LogP contribution in [0.5, 0.6) is 0 Å². The summed E-state index contributed by atoms with van der Waals surface area (Å²) < 4.78 is 4.71. The van der Waals surface area contributed by atoms with Gasteiger partial charge >= 0.3 is 0 Å². The summed E-state index contributed by atoms with van der Waals surface area (Å²) in [6.45, 7) is 34.8. The first-order chi connectivity index (χ1) is 19.4. The number of rotatable bonds is 13. The topological polar surface area (TPSA) is 25.2 Å². The van der Waals surface area contributed by atoms with Crippen LogP contribution in [0, 0.1) is 38.1 Å². The van der Waals surface area contributed by atoms with E-state index < -0.39 is 0 Å². The third-order valence-electron chi connectivity index (χ3n) is 6.14. The van der Waals surface area contributed by atoms with Crippen LogP contribution in [0.25, 0.3) is 30.5 Å². The fraction of sp³-hybridized carbons (Fsp3) is 0.588. The molecule has 2 heterocycles. The molecule has 2 unspecified atom stereocenters. The molecule has 0 fully saturated rings. The van der Waals surface area contributed by atoms with E-state index >= 15 is 0 Å². The Morgan fingerprint density at radius 1 is 0.561 bits per heavy atom. The van der Waals surface area contributed by atoms with Gasteiger partial charge in [0.05, 0.1) is 0 Å². The molecule has 2 atom stereocenters. The molecule has 0 aliphatic rings. The minimum Gasteiger partial charge on any atom is -0.320 e. The second-order valence-electron chi connectivity index (χ2n) is 9.29. The van der Waals surface area contributed by atoms with Crippen LogP contribution in [0.2, 0.25) is 0 Å². The van der Waals surface area contributed by atoms with Gasteiger partial charge in [-0.05, 0) is 36.8 Å². The Hall–Kier alpha value is -3.25. The van der Waals surface area contributed by atoms with Gasteiger partial charge in [-0.25, -0.2) is 35.4 Å². The van der Waals surface area contributed by atoms with Crippen LogP contribution in [0.1, 0.15) is 79.1 Å². The number of nitrogens with zero attached hydrogens (tertiary/aromatic N) is 6. The summed E-state index contributed by atoms with van der Waals surface area (Å²) in [4.78, 5) is 11.0. The summed E-state index contributed by atoms with van der Waals surface area (Å²) in [5.41, 5.74) is 2.62. The SMILES string of the molecule is CCCCC(CC)C[n+]1ccc(-c2cc[n+](CC(CC)CCCC)cc2)cc1.[C-]#[N+]C.[C-]#[N+]C.[C-]#[N+]C.[C-]#[N+]C.[Ni]. The monoisotopic (exact) mass is 604 g/mol. The van der Waals surface area contributed by atoms with Gasteiger partial charge in [-0.3, -0.25) is 0 Å². The first-order valence-electron chi connectivity index (χ1n) is 14.4. The van der Waals surface area contributed by atoms with Gasteiger partial charge in [0.1, 0.15) is 0 Å². The van der Waals surface area contributed by atoms with Crippen LogP contribution in [0.4, 0.5) is 0 Å². The zero-order valence-corrected chi connectivity index (χ0v) is 27.8. The van der Waals surface area contributed by atoms with E-state index in [0.717, 1.165) is 24.9 Å². The van der Waals surface area contributed by atoms with Crippen LogP contribution in [-0.2, 0) is 29.6 Å². The summed E-state index contributed by atoms with van der Waals surface area (Å²) in [5.74, 6) is 1.59. The molecule has 0 bridgehead atoms. The fourth-order valence-electron chi connectivity index (χ4n) is 3.97. The molecule has 0 aromatic carbocycles. The molecule has 0 aliphatic carbocycles. The molecule has 0 N–H and O–H groups in total. The van der Waals surface area contributed by atoms with Crippen molar-refractivity contribution in [1.82, 2.24) is 0 Å². The third kappa shape index (κ3) is 26.7. The number of hydrogen-bond acceptors (Lipinski definition) is 0. The van der Waals surface area contributed by atoms with Gasteiger partial charge in [-0.15, -0.1) is 0 Å². The van der Waals surface area contributed by atoms with Crippen LogP contribution in [0.15, 0.2) is 49.1 Å². The van der Waals surface area contributed by atoms with E-state index in [1.165, 1.54) is 90.7 Å². The molecule has 2 rings (SSSR count). The number of hydrogen-bond donors (Lipinski definition) is 0. The predicted molar refractivity (Wildman–Crippen MR) is 169 cm³/mol. The largest absolute Gasteiger partial charge is 0.320 e. The Morgan fingerprint density at radius 2 is 0.805 bits per heavy atom. The van der Waals surface area contributed by atoms with Crippen molar-refractivity contribution in [2.45, 2.75) is 92.2 Å². The Balaban J connectivity index is -0.000000452. The van der Waals surface area contributed by atoms with Crippen molar-refractivity contribution in [3.05, 3.63) is 94.7 Å². The zero-order chi connectivity index (χ0) is 31.0. The molecule has 0 saturated carbocycles. The Morgan fingerprint density at radius 3 is 1.00 bits per heavy atom. The van der Waals surface area contributed by atoms with Crippen molar-refractivity contribution < 1.29 is 25.6 Å². The van der Waals surface area contributed by atoms with Gasteiger partial charge in [0, 0.05) is 52.6 Å². The van der Waals surface area contributed by atoms with E-state index in [9.17, 15) is 0 Å². The normalized spacial score (nSPS) is 9.95. The van der Waals surface area contributed by atoms with Gasteiger partial charge < -0.3 is 19.4 Å². The maximum atomic E-state index is 5.83. The third-order valence-corrected chi connectivity index (χ3v) is 6.14. The number of unbranched alkanes of at least 4 members (excludes halogenated alkanes) is 2. The first-order valence-corrected chi connectivity index (χ1v) is 14.4. The van der Waals surface area contributed by atoms with Crippen molar-refractivity contribution in [2.24, 2.45) is 11.8 Å². The first kappa shape index (κ1) is 44.8. The summed E-state index contributed by atoms with van der Waals surface area (Å²) in [6, 6.07) is 9.06. The molecule has 0 radical (unpaired) electrons. The van der Waals surface area contributed by atoms with E-state index in [2.05, 4.69) is 105 Å². The Bertz CT molecular complexity index is 885. The second kappa shape index (κ2) is 34.8. The Kier molecular flexibility index (Phi) is 38.0. The van der Waals surface area contributed by atoms with E-state index in [1.54, 1.807) is 0 Å². The van der Waals surface area contributed by atoms with Crippen molar-refractivity contribution in [3.63, 3.8) is 0 Å². The number of aromatic nitrogens is 2. The minimum atomic E-state index is 0. The maximum absolute atomic E-state index is 5.83. The Labute approximate surface area is 263 Å². The van der Waals surface area contributed by atoms with Gasteiger partial charge in [-0.2, -0.15) is 0 Å². The molecule has 0 aliphatic heterocycles. The summed E-state index contributed by atoms with van der Waals surface area (Å²) in [6.07, 6.45) is 19.5. The quantitative estimate of drug-likeness (QED) is 0.124. The van der Waals surface area contributed by atoms with Crippen LogP contribution < -0.4 is 9.13 Å². The van der Waals surface area contributed by atoms with Crippen molar-refractivity contribution in [3.8, 4) is 11.1 Å². The molecule has 2 aromatic heterocycles. The van der Waals surface area contributed by atoms with Crippen molar-refractivity contribution in [1.29, 1.82) is 0 Å². The minimum absolute atomic E-state index is 0. The summed E-state index contributed by atoms with van der Waals surface area (Å²) in [5, 5.41) is 0.